The normalized spacial score (nSPS) is 14.6. The molecule has 1 heterocycles. The van der Waals surface area contributed by atoms with Gasteiger partial charge in [0.25, 0.3) is 0 Å². The summed E-state index contributed by atoms with van der Waals surface area (Å²) >= 11 is 0. The molecule has 1 unspecified atom stereocenters. The van der Waals surface area contributed by atoms with E-state index in [4.69, 9.17) is 10.5 Å². The van der Waals surface area contributed by atoms with Gasteiger partial charge in [-0.15, -0.1) is 0 Å². The minimum absolute atomic E-state index is 0.213. The van der Waals surface area contributed by atoms with E-state index in [1.54, 1.807) is 6.07 Å². The first kappa shape index (κ1) is 14.1. The summed E-state index contributed by atoms with van der Waals surface area (Å²) in [7, 11) is 0. The molecule has 2 N–H and O–H groups in total. The molecule has 1 atom stereocenters. The van der Waals surface area contributed by atoms with E-state index in [1.807, 2.05) is 19.1 Å². The van der Waals surface area contributed by atoms with Crippen molar-refractivity contribution in [2.75, 3.05) is 6.61 Å². The first-order chi connectivity index (χ1) is 10.1. The number of benzene rings is 2. The van der Waals surface area contributed by atoms with Crippen molar-refractivity contribution in [3.05, 3.63) is 64.5 Å². The third-order valence-electron chi connectivity index (χ3n) is 4.05. The Kier molecular flexibility index (Phi) is 3.93. The first-order valence-corrected chi connectivity index (χ1v) is 7.40. The molecule has 1 aliphatic heterocycles. The fourth-order valence-electron chi connectivity index (χ4n) is 2.82. The van der Waals surface area contributed by atoms with Crippen LogP contribution in [-0.4, -0.2) is 6.61 Å². The van der Waals surface area contributed by atoms with Crippen LogP contribution < -0.4 is 10.5 Å². The van der Waals surface area contributed by atoms with Gasteiger partial charge in [-0.25, -0.2) is 4.39 Å². The molecule has 0 spiro atoms. The highest BCUT2D eigenvalue weighted by molar-refractivity contribution is 5.40. The summed E-state index contributed by atoms with van der Waals surface area (Å²) in [5, 5.41) is 0. The molecule has 1 aliphatic rings. The molecular weight excluding hydrogens is 265 g/mol. The number of nitrogens with two attached hydrogens (primary N) is 1. The fourth-order valence-corrected chi connectivity index (χ4v) is 2.82. The van der Waals surface area contributed by atoms with Gasteiger partial charge in [0.2, 0.25) is 0 Å². The van der Waals surface area contributed by atoms with E-state index in [2.05, 4.69) is 12.1 Å². The van der Waals surface area contributed by atoms with Gasteiger partial charge in [0, 0.05) is 18.0 Å². The van der Waals surface area contributed by atoms with Gasteiger partial charge in [-0.05, 0) is 43.0 Å². The van der Waals surface area contributed by atoms with E-state index in [-0.39, 0.29) is 11.9 Å². The maximum absolute atomic E-state index is 13.8. The van der Waals surface area contributed by atoms with Crippen LogP contribution in [0, 0.1) is 12.7 Å². The SMILES string of the molecule is Cc1ccc(F)c(C(N)CCc2ccc3c(c2)CCO3)c1. The molecule has 110 valence electrons. The van der Waals surface area contributed by atoms with Crippen molar-refractivity contribution in [3.63, 3.8) is 0 Å². The van der Waals surface area contributed by atoms with Gasteiger partial charge >= 0.3 is 0 Å². The van der Waals surface area contributed by atoms with Crippen molar-refractivity contribution in [3.8, 4) is 5.75 Å². The van der Waals surface area contributed by atoms with Crippen LogP contribution in [0.2, 0.25) is 0 Å². The molecule has 0 amide bonds. The Morgan fingerprint density at radius 2 is 2.10 bits per heavy atom. The predicted molar refractivity (Wildman–Crippen MR) is 82.0 cm³/mol. The molecule has 0 saturated heterocycles. The van der Waals surface area contributed by atoms with Crippen LogP contribution in [0.3, 0.4) is 0 Å². The summed E-state index contributed by atoms with van der Waals surface area (Å²) in [4.78, 5) is 0. The zero-order valence-electron chi connectivity index (χ0n) is 12.2. The van der Waals surface area contributed by atoms with Crippen LogP contribution in [0.15, 0.2) is 36.4 Å². The monoisotopic (exact) mass is 285 g/mol. The molecule has 2 aromatic rings. The Morgan fingerprint density at radius 1 is 1.24 bits per heavy atom. The number of fused-ring (bicyclic) bond motifs is 1. The average Bonchev–Trinajstić information content (AvgIpc) is 2.94. The van der Waals surface area contributed by atoms with E-state index in [9.17, 15) is 4.39 Å². The third kappa shape index (κ3) is 3.08. The molecular formula is C18H20FNO. The zero-order valence-corrected chi connectivity index (χ0v) is 12.2. The van der Waals surface area contributed by atoms with Crippen LogP contribution in [0.25, 0.3) is 0 Å². The van der Waals surface area contributed by atoms with Gasteiger partial charge < -0.3 is 10.5 Å². The Bertz CT molecular complexity index is 654. The van der Waals surface area contributed by atoms with Crippen molar-refractivity contribution < 1.29 is 9.13 Å². The topological polar surface area (TPSA) is 35.2 Å². The van der Waals surface area contributed by atoms with Crippen molar-refractivity contribution in [1.82, 2.24) is 0 Å². The van der Waals surface area contributed by atoms with E-state index >= 15 is 0 Å². The van der Waals surface area contributed by atoms with Gasteiger partial charge in [0.1, 0.15) is 11.6 Å². The highest BCUT2D eigenvalue weighted by Crippen LogP contribution is 2.27. The van der Waals surface area contributed by atoms with Crippen LogP contribution in [0.1, 0.15) is 34.7 Å². The van der Waals surface area contributed by atoms with E-state index in [1.165, 1.54) is 17.2 Å². The Morgan fingerprint density at radius 3 is 2.95 bits per heavy atom. The number of ether oxygens (including phenoxy) is 1. The lowest BCUT2D eigenvalue weighted by Crippen LogP contribution is -2.13. The standard InChI is InChI=1S/C18H20FNO/c1-12-2-5-16(19)15(10-12)17(20)6-3-13-4-7-18-14(11-13)8-9-21-18/h2,4-5,7,10-11,17H,3,6,8-9,20H2,1H3. The van der Waals surface area contributed by atoms with Crippen molar-refractivity contribution in [1.29, 1.82) is 0 Å². The number of hydrogen-bond donors (Lipinski definition) is 1. The van der Waals surface area contributed by atoms with Crippen LogP contribution in [-0.2, 0) is 12.8 Å². The van der Waals surface area contributed by atoms with Crippen LogP contribution >= 0.6 is 0 Å². The van der Waals surface area contributed by atoms with Crippen molar-refractivity contribution in [2.45, 2.75) is 32.2 Å². The summed E-state index contributed by atoms with van der Waals surface area (Å²) in [6.45, 7) is 2.73. The first-order valence-electron chi connectivity index (χ1n) is 7.40. The summed E-state index contributed by atoms with van der Waals surface area (Å²) in [5.74, 6) is 0.781. The van der Waals surface area contributed by atoms with Gasteiger partial charge in [-0.1, -0.05) is 29.8 Å². The Balaban J connectivity index is 1.68. The summed E-state index contributed by atoms with van der Waals surface area (Å²) in [6, 6.07) is 11.1. The summed E-state index contributed by atoms with van der Waals surface area (Å²) in [6.07, 6.45) is 2.56. The molecule has 0 fully saturated rings. The zero-order chi connectivity index (χ0) is 14.8. The number of halogens is 1. The van der Waals surface area contributed by atoms with Gasteiger partial charge in [-0.3, -0.25) is 0 Å². The Hall–Kier alpha value is -1.87. The van der Waals surface area contributed by atoms with Crippen LogP contribution in [0.5, 0.6) is 5.75 Å². The molecule has 3 rings (SSSR count). The summed E-state index contributed by atoms with van der Waals surface area (Å²) in [5.41, 5.74) is 10.3. The molecule has 0 radical (unpaired) electrons. The van der Waals surface area contributed by atoms with Crippen molar-refractivity contribution >= 4 is 0 Å². The maximum Gasteiger partial charge on any atom is 0.127 e. The fraction of sp³-hybridized carbons (Fsp3) is 0.333. The van der Waals surface area contributed by atoms with E-state index < -0.39 is 0 Å². The maximum atomic E-state index is 13.8. The number of hydrogen-bond acceptors (Lipinski definition) is 2. The van der Waals surface area contributed by atoms with Crippen LogP contribution in [0.4, 0.5) is 4.39 Å². The average molecular weight is 285 g/mol. The third-order valence-corrected chi connectivity index (χ3v) is 4.05. The van der Waals surface area contributed by atoms with Crippen molar-refractivity contribution in [2.24, 2.45) is 5.73 Å². The second kappa shape index (κ2) is 5.86. The highest BCUT2D eigenvalue weighted by atomic mass is 19.1. The highest BCUT2D eigenvalue weighted by Gasteiger charge is 2.14. The molecule has 0 aliphatic carbocycles. The molecule has 3 heteroatoms. The molecule has 2 aromatic carbocycles. The van der Waals surface area contributed by atoms with Gasteiger partial charge in [0.15, 0.2) is 0 Å². The minimum Gasteiger partial charge on any atom is -0.493 e. The lowest BCUT2D eigenvalue weighted by Gasteiger charge is -2.14. The molecule has 0 aromatic heterocycles. The number of rotatable bonds is 4. The smallest absolute Gasteiger partial charge is 0.127 e. The molecule has 2 nitrogen and oxygen atoms in total. The lowest BCUT2D eigenvalue weighted by atomic mass is 9.97. The van der Waals surface area contributed by atoms with E-state index in [0.717, 1.165) is 37.2 Å². The molecule has 0 saturated carbocycles. The lowest BCUT2D eigenvalue weighted by molar-refractivity contribution is 0.357. The minimum atomic E-state index is -0.269. The van der Waals surface area contributed by atoms with Gasteiger partial charge in [0.05, 0.1) is 6.61 Å². The van der Waals surface area contributed by atoms with E-state index in [0.29, 0.717) is 5.56 Å². The number of aryl methyl sites for hydroxylation is 2. The quantitative estimate of drug-likeness (QED) is 0.929. The summed E-state index contributed by atoms with van der Waals surface area (Å²) < 4.78 is 19.3. The molecule has 0 bridgehead atoms. The van der Waals surface area contributed by atoms with Gasteiger partial charge in [-0.2, -0.15) is 0 Å². The molecule has 21 heavy (non-hydrogen) atoms. The Labute approximate surface area is 124 Å². The largest absolute Gasteiger partial charge is 0.493 e. The predicted octanol–water partition coefficient (Wildman–Crippen LogP) is 3.70. The second-order valence-corrected chi connectivity index (χ2v) is 5.71. The second-order valence-electron chi connectivity index (χ2n) is 5.71.